The van der Waals surface area contributed by atoms with Gasteiger partial charge in [0.05, 0.1) is 5.69 Å². The molecule has 0 aliphatic carbocycles. The third kappa shape index (κ3) is 7.25. The highest BCUT2D eigenvalue weighted by Crippen LogP contribution is 2.14. The van der Waals surface area contributed by atoms with Gasteiger partial charge in [-0.15, -0.1) is 12.4 Å². The highest BCUT2D eigenvalue weighted by atomic mass is 35.5. The molecule has 0 fully saturated rings. The molecule has 2 amide bonds. The minimum absolute atomic E-state index is 0. The second-order valence-electron chi connectivity index (χ2n) is 6.08. The van der Waals surface area contributed by atoms with E-state index in [0.717, 1.165) is 0 Å². The van der Waals surface area contributed by atoms with Crippen LogP contribution in [0.2, 0.25) is 0 Å². The number of nitrogens with one attached hydrogen (secondary N) is 2. The van der Waals surface area contributed by atoms with Crippen LogP contribution in [0.15, 0.2) is 48.5 Å². The van der Waals surface area contributed by atoms with E-state index in [-0.39, 0.29) is 43.5 Å². The van der Waals surface area contributed by atoms with Gasteiger partial charge in [-0.1, -0.05) is 30.3 Å². The lowest BCUT2D eigenvalue weighted by atomic mass is 10.1. The van der Waals surface area contributed by atoms with Gasteiger partial charge in [-0.2, -0.15) is 0 Å². The zero-order valence-electron chi connectivity index (χ0n) is 15.6. The van der Waals surface area contributed by atoms with E-state index in [0.29, 0.717) is 18.5 Å². The molecule has 0 unspecified atom stereocenters. The first-order chi connectivity index (χ1) is 13.0. The molecular weight excluding hydrogens is 388 g/mol. The van der Waals surface area contributed by atoms with Gasteiger partial charge in [0.1, 0.15) is 18.2 Å². The molecule has 0 aromatic heterocycles. The number of para-hydroxylation sites is 1. The third-order valence-electron chi connectivity index (χ3n) is 3.97. The van der Waals surface area contributed by atoms with E-state index < -0.39 is 17.5 Å². The Balaban J connectivity index is 0.00000392. The van der Waals surface area contributed by atoms with Crippen molar-refractivity contribution in [2.45, 2.75) is 19.4 Å². The monoisotopic (exact) mass is 411 g/mol. The lowest BCUT2D eigenvalue weighted by Gasteiger charge is -2.23. The summed E-state index contributed by atoms with van der Waals surface area (Å²) < 4.78 is 27.7. The van der Waals surface area contributed by atoms with E-state index in [2.05, 4.69) is 10.6 Å². The van der Waals surface area contributed by atoms with Gasteiger partial charge in [-0.05, 0) is 38.2 Å². The molecule has 0 aliphatic heterocycles. The smallest absolute Gasteiger partial charge is 0.244 e. The molecule has 152 valence electrons. The molecule has 0 atom stereocenters. The summed E-state index contributed by atoms with van der Waals surface area (Å²) >= 11 is 0. The molecule has 0 saturated heterocycles. The summed E-state index contributed by atoms with van der Waals surface area (Å²) in [7, 11) is 1.78. The van der Waals surface area contributed by atoms with Crippen molar-refractivity contribution in [3.63, 3.8) is 0 Å². The van der Waals surface area contributed by atoms with Gasteiger partial charge in [-0.25, -0.2) is 8.78 Å². The molecule has 2 aromatic rings. The van der Waals surface area contributed by atoms with Crippen LogP contribution in [0, 0.1) is 11.6 Å². The second-order valence-corrected chi connectivity index (χ2v) is 6.08. The number of rotatable bonds is 9. The number of carbonyl (C=O) groups is 2. The van der Waals surface area contributed by atoms with Crippen molar-refractivity contribution in [2.24, 2.45) is 0 Å². The summed E-state index contributed by atoms with van der Waals surface area (Å²) in [6.07, 6.45) is 0.820. The molecule has 5 nitrogen and oxygen atoms in total. The van der Waals surface area contributed by atoms with Crippen molar-refractivity contribution >= 4 is 29.9 Å². The van der Waals surface area contributed by atoms with Crippen molar-refractivity contribution in [2.75, 3.05) is 25.5 Å². The van der Waals surface area contributed by atoms with Crippen LogP contribution in [-0.2, 0) is 16.1 Å². The molecule has 0 heterocycles. The van der Waals surface area contributed by atoms with E-state index in [1.165, 1.54) is 29.2 Å². The van der Waals surface area contributed by atoms with Gasteiger partial charge in [-0.3, -0.25) is 9.59 Å². The maximum Gasteiger partial charge on any atom is 0.244 e. The standard InChI is InChI=1S/C20H23F2N3O2.ClH/c1-23-12-6-11-20(27)25(13-15-7-2-3-8-16(15)21)14-19(26)24-18-10-5-4-9-17(18)22;/h2-5,7-10,23H,6,11-14H2,1H3,(H,24,26);1H. The van der Waals surface area contributed by atoms with E-state index in [4.69, 9.17) is 0 Å². The molecule has 2 N–H and O–H groups in total. The number of carbonyl (C=O) groups excluding carboxylic acids is 2. The van der Waals surface area contributed by atoms with Crippen LogP contribution < -0.4 is 10.6 Å². The van der Waals surface area contributed by atoms with Gasteiger partial charge in [0.25, 0.3) is 0 Å². The molecular formula is C20H24ClF2N3O2. The number of amides is 2. The van der Waals surface area contributed by atoms with Gasteiger partial charge in [0, 0.05) is 18.5 Å². The maximum atomic E-state index is 14.0. The average Bonchev–Trinajstić information content (AvgIpc) is 2.65. The van der Waals surface area contributed by atoms with Crippen LogP contribution in [0.5, 0.6) is 0 Å². The normalized spacial score (nSPS) is 10.1. The lowest BCUT2D eigenvalue weighted by molar-refractivity contribution is -0.135. The third-order valence-corrected chi connectivity index (χ3v) is 3.97. The molecule has 0 aliphatic rings. The van der Waals surface area contributed by atoms with E-state index in [9.17, 15) is 18.4 Å². The topological polar surface area (TPSA) is 61.4 Å². The minimum atomic E-state index is -0.563. The van der Waals surface area contributed by atoms with Crippen LogP contribution in [0.1, 0.15) is 18.4 Å². The molecule has 2 rings (SSSR count). The highest BCUT2D eigenvalue weighted by Gasteiger charge is 2.19. The Morgan fingerprint density at radius 3 is 2.29 bits per heavy atom. The van der Waals surface area contributed by atoms with Crippen molar-refractivity contribution in [3.05, 3.63) is 65.7 Å². The predicted molar refractivity (Wildman–Crippen MR) is 107 cm³/mol. The van der Waals surface area contributed by atoms with Crippen LogP contribution >= 0.6 is 12.4 Å². The Bertz CT molecular complexity index is 790. The Hall–Kier alpha value is -2.51. The average molecular weight is 412 g/mol. The Labute approximate surface area is 169 Å². The number of halogens is 3. The first kappa shape index (κ1) is 23.5. The molecule has 8 heteroatoms. The molecule has 2 aromatic carbocycles. The van der Waals surface area contributed by atoms with Crippen molar-refractivity contribution in [1.29, 1.82) is 0 Å². The summed E-state index contributed by atoms with van der Waals surface area (Å²) in [5.74, 6) is -1.82. The van der Waals surface area contributed by atoms with Crippen molar-refractivity contribution < 1.29 is 18.4 Å². The molecule has 28 heavy (non-hydrogen) atoms. The van der Waals surface area contributed by atoms with Crippen LogP contribution in [0.25, 0.3) is 0 Å². The Kier molecular flexibility index (Phi) is 10.1. The summed E-state index contributed by atoms with van der Waals surface area (Å²) in [6, 6.07) is 11.9. The van der Waals surface area contributed by atoms with Crippen LogP contribution in [0.4, 0.5) is 14.5 Å². The summed E-state index contributed by atoms with van der Waals surface area (Å²) in [5, 5.41) is 5.40. The number of hydrogen-bond donors (Lipinski definition) is 2. The molecule has 0 radical (unpaired) electrons. The largest absolute Gasteiger partial charge is 0.329 e. The zero-order chi connectivity index (χ0) is 19.6. The SMILES string of the molecule is CNCCCC(=O)N(CC(=O)Nc1ccccc1F)Cc1ccccc1F.Cl. The van der Waals surface area contributed by atoms with E-state index in [1.807, 2.05) is 0 Å². The molecule has 0 spiro atoms. The second kappa shape index (κ2) is 12.0. The van der Waals surface area contributed by atoms with Crippen LogP contribution in [-0.4, -0.2) is 36.9 Å². The molecule has 0 bridgehead atoms. The Morgan fingerprint density at radius 2 is 1.64 bits per heavy atom. The number of nitrogens with zero attached hydrogens (tertiary/aromatic N) is 1. The fourth-order valence-corrected chi connectivity index (χ4v) is 2.56. The predicted octanol–water partition coefficient (Wildman–Crippen LogP) is 3.35. The lowest BCUT2D eigenvalue weighted by Crippen LogP contribution is -2.38. The summed E-state index contributed by atoms with van der Waals surface area (Å²) in [6.45, 7) is 0.331. The minimum Gasteiger partial charge on any atom is -0.329 e. The van der Waals surface area contributed by atoms with Gasteiger partial charge in [0.15, 0.2) is 0 Å². The van der Waals surface area contributed by atoms with Crippen molar-refractivity contribution in [1.82, 2.24) is 10.2 Å². The van der Waals surface area contributed by atoms with Crippen molar-refractivity contribution in [3.8, 4) is 0 Å². The number of hydrogen-bond acceptors (Lipinski definition) is 3. The first-order valence-electron chi connectivity index (χ1n) is 8.71. The molecule has 0 saturated carbocycles. The summed E-state index contributed by atoms with van der Waals surface area (Å²) in [5.41, 5.74) is 0.356. The Morgan fingerprint density at radius 1 is 1.00 bits per heavy atom. The van der Waals surface area contributed by atoms with Gasteiger partial charge in [0.2, 0.25) is 11.8 Å². The maximum absolute atomic E-state index is 14.0. The fraction of sp³-hybridized carbons (Fsp3) is 0.300. The number of benzene rings is 2. The highest BCUT2D eigenvalue weighted by molar-refractivity contribution is 5.94. The van der Waals surface area contributed by atoms with E-state index in [1.54, 1.807) is 31.3 Å². The summed E-state index contributed by atoms with van der Waals surface area (Å²) in [4.78, 5) is 26.1. The zero-order valence-corrected chi connectivity index (χ0v) is 16.4. The fourth-order valence-electron chi connectivity index (χ4n) is 2.56. The van der Waals surface area contributed by atoms with Crippen LogP contribution in [0.3, 0.4) is 0 Å². The van der Waals surface area contributed by atoms with Gasteiger partial charge < -0.3 is 15.5 Å². The quantitative estimate of drug-likeness (QED) is 0.622. The first-order valence-corrected chi connectivity index (χ1v) is 8.71. The van der Waals surface area contributed by atoms with Gasteiger partial charge >= 0.3 is 0 Å². The number of anilines is 1. The van der Waals surface area contributed by atoms with E-state index >= 15 is 0 Å².